The van der Waals surface area contributed by atoms with E-state index in [-0.39, 0.29) is 0 Å². The van der Waals surface area contributed by atoms with Crippen molar-refractivity contribution in [1.29, 1.82) is 0 Å². The molecule has 90 valence electrons. The second kappa shape index (κ2) is 7.31. The number of hydrogen-bond donors (Lipinski definition) is 0. The monoisotopic (exact) mass is 304 g/mol. The number of benzene rings is 1. The molecule has 0 bridgehead atoms. The summed E-state index contributed by atoms with van der Waals surface area (Å²) in [5, 5.41) is 1.74. The first-order chi connectivity index (χ1) is 7.63. The molecule has 0 aliphatic rings. The molecule has 0 spiro atoms. The number of halogens is 2. The van der Waals surface area contributed by atoms with Crippen molar-refractivity contribution in [3.05, 3.63) is 34.9 Å². The third-order valence-corrected chi connectivity index (χ3v) is 3.48. The van der Waals surface area contributed by atoms with E-state index in [1.807, 2.05) is 12.1 Å². The summed E-state index contributed by atoms with van der Waals surface area (Å²) in [5.41, 5.74) is 1.31. The van der Waals surface area contributed by atoms with Crippen LogP contribution in [0.15, 0.2) is 24.3 Å². The minimum Gasteiger partial charge on any atom is -0.379 e. The van der Waals surface area contributed by atoms with Crippen molar-refractivity contribution in [3.8, 4) is 0 Å². The fourth-order valence-corrected chi connectivity index (χ4v) is 2.34. The van der Waals surface area contributed by atoms with Crippen LogP contribution in [0.1, 0.15) is 31.7 Å². The average molecular weight is 306 g/mol. The van der Waals surface area contributed by atoms with Crippen LogP contribution in [-0.4, -0.2) is 18.0 Å². The lowest BCUT2D eigenvalue weighted by Crippen LogP contribution is -2.09. The van der Waals surface area contributed by atoms with E-state index in [0.717, 1.165) is 23.4 Å². The molecule has 0 saturated carbocycles. The van der Waals surface area contributed by atoms with Crippen LogP contribution in [0.3, 0.4) is 0 Å². The molecule has 0 fully saturated rings. The highest BCUT2D eigenvalue weighted by Gasteiger charge is 2.10. The van der Waals surface area contributed by atoms with Gasteiger partial charge in [0.25, 0.3) is 0 Å². The van der Waals surface area contributed by atoms with E-state index < -0.39 is 0 Å². The molecular formula is C13H18BrClO. The Morgan fingerprint density at radius 3 is 2.38 bits per heavy atom. The third-order valence-electron chi connectivity index (χ3n) is 2.45. The van der Waals surface area contributed by atoms with Crippen LogP contribution in [-0.2, 0) is 4.74 Å². The standard InChI is InChI=1S/C13H18BrClO/c1-10(2)16-8-7-12(9-14)11-3-5-13(15)6-4-11/h3-6,10,12H,7-9H2,1-2H3. The normalized spacial score (nSPS) is 13.1. The average Bonchev–Trinajstić information content (AvgIpc) is 2.26. The van der Waals surface area contributed by atoms with Gasteiger partial charge in [-0.15, -0.1) is 0 Å². The first-order valence-corrected chi connectivity index (χ1v) is 7.06. The van der Waals surface area contributed by atoms with E-state index in [4.69, 9.17) is 16.3 Å². The minimum atomic E-state index is 0.307. The van der Waals surface area contributed by atoms with Crippen LogP contribution in [0.2, 0.25) is 5.02 Å². The van der Waals surface area contributed by atoms with Gasteiger partial charge in [-0.25, -0.2) is 0 Å². The summed E-state index contributed by atoms with van der Waals surface area (Å²) in [6, 6.07) is 8.05. The molecule has 1 nitrogen and oxygen atoms in total. The third kappa shape index (κ3) is 4.86. The molecule has 16 heavy (non-hydrogen) atoms. The molecule has 0 aliphatic heterocycles. The molecule has 1 aromatic rings. The summed E-state index contributed by atoms with van der Waals surface area (Å²) < 4.78 is 5.57. The van der Waals surface area contributed by atoms with E-state index in [2.05, 4.69) is 41.9 Å². The molecule has 1 aromatic carbocycles. The molecule has 0 amide bonds. The fraction of sp³-hybridized carbons (Fsp3) is 0.538. The van der Waals surface area contributed by atoms with Gasteiger partial charge >= 0.3 is 0 Å². The lowest BCUT2D eigenvalue weighted by molar-refractivity contribution is 0.0744. The van der Waals surface area contributed by atoms with Crippen molar-refractivity contribution in [2.24, 2.45) is 0 Å². The van der Waals surface area contributed by atoms with Crippen molar-refractivity contribution in [2.75, 3.05) is 11.9 Å². The van der Waals surface area contributed by atoms with Crippen LogP contribution >= 0.6 is 27.5 Å². The summed E-state index contributed by atoms with van der Waals surface area (Å²) in [5.74, 6) is 0.496. The Kier molecular flexibility index (Phi) is 6.40. The molecular weight excluding hydrogens is 287 g/mol. The zero-order chi connectivity index (χ0) is 12.0. The first-order valence-electron chi connectivity index (χ1n) is 5.56. The van der Waals surface area contributed by atoms with Crippen LogP contribution in [0.25, 0.3) is 0 Å². The molecule has 3 heteroatoms. The van der Waals surface area contributed by atoms with E-state index in [9.17, 15) is 0 Å². The van der Waals surface area contributed by atoms with Gasteiger partial charge in [0.05, 0.1) is 6.10 Å². The van der Waals surface area contributed by atoms with Crippen molar-refractivity contribution in [1.82, 2.24) is 0 Å². The topological polar surface area (TPSA) is 9.23 Å². The highest BCUT2D eigenvalue weighted by molar-refractivity contribution is 9.09. The molecule has 1 atom stereocenters. The van der Waals surface area contributed by atoms with Crippen molar-refractivity contribution >= 4 is 27.5 Å². The van der Waals surface area contributed by atoms with Gasteiger partial charge in [0.15, 0.2) is 0 Å². The summed E-state index contributed by atoms with van der Waals surface area (Å²) in [4.78, 5) is 0. The highest BCUT2D eigenvalue weighted by atomic mass is 79.9. The maximum atomic E-state index is 5.87. The van der Waals surface area contributed by atoms with E-state index in [1.54, 1.807) is 0 Å². The predicted octanol–water partition coefficient (Wildman–Crippen LogP) is 4.63. The summed E-state index contributed by atoms with van der Waals surface area (Å²) >= 11 is 9.42. The zero-order valence-electron chi connectivity index (χ0n) is 9.75. The van der Waals surface area contributed by atoms with Crippen molar-refractivity contribution in [2.45, 2.75) is 32.3 Å². The van der Waals surface area contributed by atoms with Crippen molar-refractivity contribution < 1.29 is 4.74 Å². The number of alkyl halides is 1. The second-order valence-electron chi connectivity index (χ2n) is 4.11. The van der Waals surface area contributed by atoms with Gasteiger partial charge < -0.3 is 4.74 Å². The predicted molar refractivity (Wildman–Crippen MR) is 73.7 cm³/mol. The Balaban J connectivity index is 2.50. The lowest BCUT2D eigenvalue weighted by Gasteiger charge is -2.15. The number of hydrogen-bond acceptors (Lipinski definition) is 1. The smallest absolute Gasteiger partial charge is 0.0518 e. The second-order valence-corrected chi connectivity index (χ2v) is 5.19. The quantitative estimate of drug-likeness (QED) is 0.696. The maximum Gasteiger partial charge on any atom is 0.0518 e. The van der Waals surface area contributed by atoms with Gasteiger partial charge in [-0.1, -0.05) is 39.7 Å². The van der Waals surface area contributed by atoms with Crippen LogP contribution in [0.4, 0.5) is 0 Å². The summed E-state index contributed by atoms with van der Waals surface area (Å²) in [7, 11) is 0. The van der Waals surface area contributed by atoms with Gasteiger partial charge in [-0.05, 0) is 43.9 Å². The summed E-state index contributed by atoms with van der Waals surface area (Å²) in [6.07, 6.45) is 1.34. The minimum absolute atomic E-state index is 0.307. The lowest BCUT2D eigenvalue weighted by atomic mass is 9.98. The van der Waals surface area contributed by atoms with Crippen LogP contribution in [0.5, 0.6) is 0 Å². The SMILES string of the molecule is CC(C)OCCC(CBr)c1ccc(Cl)cc1. The molecule has 0 radical (unpaired) electrons. The first kappa shape index (κ1) is 14.0. The number of ether oxygens (including phenoxy) is 1. The van der Waals surface area contributed by atoms with E-state index in [0.29, 0.717) is 12.0 Å². The largest absolute Gasteiger partial charge is 0.379 e. The van der Waals surface area contributed by atoms with Gasteiger partial charge in [0.1, 0.15) is 0 Å². The van der Waals surface area contributed by atoms with Gasteiger partial charge in [-0.2, -0.15) is 0 Å². The highest BCUT2D eigenvalue weighted by Crippen LogP contribution is 2.23. The van der Waals surface area contributed by atoms with Crippen LogP contribution < -0.4 is 0 Å². The van der Waals surface area contributed by atoms with Crippen LogP contribution in [0, 0.1) is 0 Å². The number of rotatable bonds is 6. The maximum absolute atomic E-state index is 5.87. The Morgan fingerprint density at radius 1 is 1.25 bits per heavy atom. The molecule has 0 saturated heterocycles. The molecule has 0 N–H and O–H groups in total. The van der Waals surface area contributed by atoms with Gasteiger partial charge in [0, 0.05) is 17.0 Å². The summed E-state index contributed by atoms with van der Waals surface area (Å²) in [6.45, 7) is 4.92. The fourth-order valence-electron chi connectivity index (χ4n) is 1.51. The Hall–Kier alpha value is -0.0500. The Labute approximate surface area is 111 Å². The van der Waals surface area contributed by atoms with Crippen molar-refractivity contribution in [3.63, 3.8) is 0 Å². The molecule has 1 unspecified atom stereocenters. The molecule has 1 rings (SSSR count). The molecule has 0 aromatic heterocycles. The van der Waals surface area contributed by atoms with E-state index in [1.165, 1.54) is 5.56 Å². The van der Waals surface area contributed by atoms with Gasteiger partial charge in [0.2, 0.25) is 0 Å². The zero-order valence-corrected chi connectivity index (χ0v) is 12.1. The van der Waals surface area contributed by atoms with Gasteiger partial charge in [-0.3, -0.25) is 0 Å². The Morgan fingerprint density at radius 2 is 1.88 bits per heavy atom. The Bertz CT molecular complexity index is 297. The molecule has 0 aliphatic carbocycles. The molecule has 0 heterocycles. The van der Waals surface area contributed by atoms with E-state index >= 15 is 0 Å².